The molecular weight excluding hydrogens is 414 g/mol. The number of rotatable bonds is 8. The van der Waals surface area contributed by atoms with Crippen LogP contribution in [0, 0.1) is 0 Å². The molecule has 0 aliphatic carbocycles. The first-order valence-corrected chi connectivity index (χ1v) is 10.1. The van der Waals surface area contributed by atoms with Crippen molar-refractivity contribution in [3.8, 4) is 23.0 Å². The highest BCUT2D eigenvalue weighted by molar-refractivity contribution is 5.90. The van der Waals surface area contributed by atoms with Gasteiger partial charge in [-0.05, 0) is 41.8 Å². The highest BCUT2D eigenvalue weighted by Crippen LogP contribution is 2.33. The standard InChI is InChI=1S/C24H27NO7/c1-28-19-7-5-6-16(24(19)31-4)8-9-23(27)32-15-22(26)25-11-10-17-12-20(29-2)21(30-3)13-18(17)14-25/h5-9,12-13H,10-11,14-15H2,1-4H3/b9-8+. The van der Waals surface area contributed by atoms with Crippen LogP contribution in [0.25, 0.3) is 6.08 Å². The number of para-hydroxylation sites is 1. The van der Waals surface area contributed by atoms with Gasteiger partial charge in [0, 0.05) is 24.7 Å². The zero-order valence-corrected chi connectivity index (χ0v) is 18.7. The highest BCUT2D eigenvalue weighted by atomic mass is 16.5. The Bertz CT molecular complexity index is 1020. The van der Waals surface area contributed by atoms with Gasteiger partial charge in [0.1, 0.15) is 0 Å². The van der Waals surface area contributed by atoms with Gasteiger partial charge in [-0.15, -0.1) is 0 Å². The van der Waals surface area contributed by atoms with Crippen LogP contribution in [0.2, 0.25) is 0 Å². The van der Waals surface area contributed by atoms with Gasteiger partial charge in [0.25, 0.3) is 5.91 Å². The monoisotopic (exact) mass is 441 g/mol. The number of fused-ring (bicyclic) bond motifs is 1. The van der Waals surface area contributed by atoms with E-state index in [9.17, 15) is 9.59 Å². The number of methoxy groups -OCH3 is 4. The molecule has 32 heavy (non-hydrogen) atoms. The van der Waals surface area contributed by atoms with E-state index >= 15 is 0 Å². The molecule has 0 radical (unpaired) electrons. The lowest BCUT2D eigenvalue weighted by molar-refractivity contribution is -0.148. The number of hydrogen-bond acceptors (Lipinski definition) is 7. The van der Waals surface area contributed by atoms with E-state index in [1.54, 1.807) is 43.4 Å². The fourth-order valence-electron chi connectivity index (χ4n) is 3.57. The number of benzene rings is 2. The summed E-state index contributed by atoms with van der Waals surface area (Å²) in [6.07, 6.45) is 3.50. The lowest BCUT2D eigenvalue weighted by Gasteiger charge is -2.29. The van der Waals surface area contributed by atoms with Crippen LogP contribution in [0.15, 0.2) is 36.4 Å². The maximum absolute atomic E-state index is 12.6. The molecule has 0 atom stereocenters. The summed E-state index contributed by atoms with van der Waals surface area (Å²) in [5.41, 5.74) is 2.75. The minimum absolute atomic E-state index is 0.258. The summed E-state index contributed by atoms with van der Waals surface area (Å²) < 4.78 is 26.4. The van der Waals surface area contributed by atoms with E-state index in [1.807, 2.05) is 12.1 Å². The number of carbonyl (C=O) groups excluding carboxylic acids is 2. The Balaban J connectivity index is 1.58. The quantitative estimate of drug-likeness (QED) is 0.460. The number of ether oxygens (including phenoxy) is 5. The molecule has 8 nitrogen and oxygen atoms in total. The van der Waals surface area contributed by atoms with Crippen molar-refractivity contribution in [2.75, 3.05) is 41.6 Å². The molecule has 0 saturated carbocycles. The predicted octanol–water partition coefficient (Wildman–Crippen LogP) is 2.86. The van der Waals surface area contributed by atoms with Crippen LogP contribution < -0.4 is 18.9 Å². The zero-order chi connectivity index (χ0) is 23.1. The summed E-state index contributed by atoms with van der Waals surface area (Å²) in [6.45, 7) is 0.625. The molecule has 0 fully saturated rings. The first kappa shape index (κ1) is 23.0. The molecule has 2 aromatic carbocycles. The molecule has 8 heteroatoms. The summed E-state index contributed by atoms with van der Waals surface area (Å²) >= 11 is 0. The van der Waals surface area contributed by atoms with E-state index < -0.39 is 5.97 Å². The van der Waals surface area contributed by atoms with Crippen LogP contribution in [-0.4, -0.2) is 58.4 Å². The maximum atomic E-state index is 12.6. The molecular formula is C24H27NO7. The number of nitrogens with zero attached hydrogens (tertiary/aromatic N) is 1. The number of carbonyl (C=O) groups is 2. The van der Waals surface area contributed by atoms with E-state index in [1.165, 1.54) is 20.3 Å². The van der Waals surface area contributed by atoms with Crippen LogP contribution >= 0.6 is 0 Å². The number of hydrogen-bond donors (Lipinski definition) is 0. The topological polar surface area (TPSA) is 83.5 Å². The Labute approximate surface area is 187 Å². The van der Waals surface area contributed by atoms with Crippen LogP contribution in [0.3, 0.4) is 0 Å². The fourth-order valence-corrected chi connectivity index (χ4v) is 3.57. The van der Waals surface area contributed by atoms with Crippen LogP contribution in [0.4, 0.5) is 0 Å². The van der Waals surface area contributed by atoms with Crippen molar-refractivity contribution in [1.29, 1.82) is 0 Å². The number of amides is 1. The average molecular weight is 441 g/mol. The lowest BCUT2D eigenvalue weighted by Crippen LogP contribution is -2.38. The second kappa shape index (κ2) is 10.6. The first-order valence-electron chi connectivity index (χ1n) is 10.1. The zero-order valence-electron chi connectivity index (χ0n) is 18.7. The summed E-state index contributed by atoms with van der Waals surface area (Å²) in [5.74, 6) is 1.47. The fraction of sp³-hybridized carbons (Fsp3) is 0.333. The van der Waals surface area contributed by atoms with E-state index in [0.29, 0.717) is 48.1 Å². The van der Waals surface area contributed by atoms with E-state index in [2.05, 4.69) is 0 Å². The van der Waals surface area contributed by atoms with Crippen LogP contribution in [0.1, 0.15) is 16.7 Å². The third kappa shape index (κ3) is 5.14. The molecule has 0 bridgehead atoms. The van der Waals surface area contributed by atoms with Gasteiger partial charge in [0.2, 0.25) is 0 Å². The van der Waals surface area contributed by atoms with Crippen molar-refractivity contribution >= 4 is 18.0 Å². The first-order chi connectivity index (χ1) is 15.5. The Kier molecular flexibility index (Phi) is 7.59. The summed E-state index contributed by atoms with van der Waals surface area (Å²) in [7, 11) is 6.23. The van der Waals surface area contributed by atoms with Gasteiger partial charge in [-0.1, -0.05) is 12.1 Å². The van der Waals surface area contributed by atoms with Crippen LogP contribution in [-0.2, 0) is 27.3 Å². The van der Waals surface area contributed by atoms with Gasteiger partial charge in [-0.2, -0.15) is 0 Å². The molecule has 1 aliphatic heterocycles. The smallest absolute Gasteiger partial charge is 0.331 e. The van der Waals surface area contributed by atoms with Gasteiger partial charge < -0.3 is 28.6 Å². The van der Waals surface area contributed by atoms with Crippen molar-refractivity contribution in [3.05, 3.63) is 53.1 Å². The summed E-state index contributed by atoms with van der Waals surface area (Å²) in [6, 6.07) is 9.15. The van der Waals surface area contributed by atoms with Crippen molar-refractivity contribution in [1.82, 2.24) is 4.90 Å². The molecule has 1 heterocycles. The van der Waals surface area contributed by atoms with E-state index in [-0.39, 0.29) is 12.5 Å². The van der Waals surface area contributed by atoms with Gasteiger partial charge in [-0.3, -0.25) is 4.79 Å². The molecule has 3 rings (SSSR count). The van der Waals surface area contributed by atoms with Gasteiger partial charge >= 0.3 is 5.97 Å². The van der Waals surface area contributed by atoms with Crippen molar-refractivity contribution < 1.29 is 33.3 Å². The third-order valence-corrected chi connectivity index (χ3v) is 5.24. The van der Waals surface area contributed by atoms with E-state index in [4.69, 9.17) is 23.7 Å². The molecule has 1 amide bonds. The van der Waals surface area contributed by atoms with Crippen LogP contribution in [0.5, 0.6) is 23.0 Å². The third-order valence-electron chi connectivity index (χ3n) is 5.24. The minimum Gasteiger partial charge on any atom is -0.493 e. The second-order valence-electron chi connectivity index (χ2n) is 7.06. The largest absolute Gasteiger partial charge is 0.493 e. The van der Waals surface area contributed by atoms with Gasteiger partial charge in [0.15, 0.2) is 29.6 Å². The summed E-state index contributed by atoms with van der Waals surface area (Å²) in [5, 5.41) is 0. The Morgan fingerprint density at radius 1 is 0.938 bits per heavy atom. The molecule has 170 valence electrons. The SMILES string of the molecule is COc1cc2c(cc1OC)CN(C(=O)COC(=O)/C=C/c1cccc(OC)c1OC)CC2. The summed E-state index contributed by atoms with van der Waals surface area (Å²) in [4.78, 5) is 26.4. The van der Waals surface area contributed by atoms with Crippen molar-refractivity contribution in [2.45, 2.75) is 13.0 Å². The number of esters is 1. The van der Waals surface area contributed by atoms with Crippen molar-refractivity contribution in [2.24, 2.45) is 0 Å². The lowest BCUT2D eigenvalue weighted by atomic mass is 9.99. The average Bonchev–Trinajstić information content (AvgIpc) is 2.84. The van der Waals surface area contributed by atoms with Gasteiger partial charge in [0.05, 0.1) is 28.4 Å². The second-order valence-corrected chi connectivity index (χ2v) is 7.06. The Morgan fingerprint density at radius 3 is 2.28 bits per heavy atom. The molecule has 0 spiro atoms. The molecule has 2 aromatic rings. The van der Waals surface area contributed by atoms with Gasteiger partial charge in [-0.25, -0.2) is 4.79 Å². The maximum Gasteiger partial charge on any atom is 0.331 e. The van der Waals surface area contributed by atoms with E-state index in [0.717, 1.165) is 11.1 Å². The predicted molar refractivity (Wildman–Crippen MR) is 118 cm³/mol. The molecule has 0 unspecified atom stereocenters. The van der Waals surface area contributed by atoms with Crippen molar-refractivity contribution in [3.63, 3.8) is 0 Å². The highest BCUT2D eigenvalue weighted by Gasteiger charge is 2.23. The Hall–Kier alpha value is -3.68. The Morgan fingerprint density at radius 2 is 1.62 bits per heavy atom. The molecule has 0 saturated heterocycles. The molecule has 0 N–H and O–H groups in total. The normalized spacial score (nSPS) is 12.8. The molecule has 1 aliphatic rings. The molecule has 0 aromatic heterocycles. The minimum atomic E-state index is -0.618.